The van der Waals surface area contributed by atoms with E-state index < -0.39 is 36.6 Å². The molecule has 0 aliphatic rings. The Kier molecular flexibility index (Phi) is 98.7. The molecule has 128 heavy (non-hydrogen) atoms. The molecule has 12 heteroatoms. The summed E-state index contributed by atoms with van der Waals surface area (Å²) < 4.78 is 0.987. The lowest BCUT2D eigenvalue weighted by Crippen LogP contribution is -2.48. The van der Waals surface area contributed by atoms with Gasteiger partial charge >= 0.3 is 0 Å². The molecule has 0 heterocycles. The second-order valence-electron chi connectivity index (χ2n) is 42.9. The normalized spacial score (nSPS) is 14.8. The van der Waals surface area contributed by atoms with Gasteiger partial charge in [-0.3, -0.25) is 14.7 Å². The van der Waals surface area contributed by atoms with Gasteiger partial charge in [-0.2, -0.15) is 0 Å². The van der Waals surface area contributed by atoms with E-state index >= 15 is 0 Å². The van der Waals surface area contributed by atoms with Gasteiger partial charge in [0.05, 0.1) is 69.4 Å². The first-order chi connectivity index (χ1) is 62.5. The van der Waals surface area contributed by atoms with Gasteiger partial charge in [0.2, 0.25) is 0 Å². The number of rotatable bonds is 109. The van der Waals surface area contributed by atoms with Crippen LogP contribution in [0.1, 0.15) is 582 Å². The Labute approximate surface area is 803 Å². The molecule has 0 radical (unpaired) electrons. The lowest BCUT2D eigenvalue weighted by Gasteiger charge is -2.37. The third kappa shape index (κ3) is 90.4. The van der Waals surface area contributed by atoms with Crippen LogP contribution >= 0.6 is 0 Å². The van der Waals surface area contributed by atoms with Crippen LogP contribution in [-0.2, 0) is 0 Å². The molecule has 0 fully saturated rings. The summed E-state index contributed by atoms with van der Waals surface area (Å²) in [4.78, 5) is 10.1. The molecular formula is C116H238N5O7+. The van der Waals surface area contributed by atoms with Gasteiger partial charge in [-0.1, -0.05) is 491 Å². The van der Waals surface area contributed by atoms with Crippen LogP contribution < -0.4 is 0 Å². The highest BCUT2D eigenvalue weighted by molar-refractivity contribution is 5.03. The van der Waals surface area contributed by atoms with Crippen LogP contribution in [0.5, 0.6) is 0 Å². The van der Waals surface area contributed by atoms with E-state index in [0.717, 1.165) is 211 Å². The van der Waals surface area contributed by atoms with E-state index in [1.807, 2.05) is 0 Å². The Bertz CT molecular complexity index is 2010. The number of nitrogens with zero attached hydrogens (tertiary/aromatic N) is 5. The minimum absolute atomic E-state index is 0.231. The van der Waals surface area contributed by atoms with Crippen molar-refractivity contribution in [1.29, 1.82) is 0 Å². The van der Waals surface area contributed by atoms with Gasteiger partial charge in [-0.05, 0) is 116 Å². The van der Waals surface area contributed by atoms with Crippen LogP contribution in [0.4, 0.5) is 0 Å². The maximum absolute atomic E-state index is 11.9. The molecule has 7 N–H and O–H groups in total. The van der Waals surface area contributed by atoms with Crippen molar-refractivity contribution < 1.29 is 40.2 Å². The lowest BCUT2D eigenvalue weighted by molar-refractivity contribution is -0.910. The number of aliphatic hydroxyl groups is 7. The van der Waals surface area contributed by atoms with Gasteiger partial charge < -0.3 is 45.1 Å². The van der Waals surface area contributed by atoms with E-state index in [0.29, 0.717) is 45.2 Å². The molecule has 9 atom stereocenters. The smallest absolute Gasteiger partial charge is 0.0796 e. The van der Waals surface area contributed by atoms with Gasteiger partial charge in [-0.25, -0.2) is 0 Å². The second-order valence-corrected chi connectivity index (χ2v) is 42.9. The van der Waals surface area contributed by atoms with Gasteiger partial charge in [0, 0.05) is 71.6 Å². The summed E-state index contributed by atoms with van der Waals surface area (Å²) in [5.41, 5.74) is 1.58. The van der Waals surface area contributed by atoms with Crippen molar-refractivity contribution in [2.45, 2.75) is 625 Å². The van der Waals surface area contributed by atoms with Crippen molar-refractivity contribution in [3.05, 3.63) is 11.6 Å². The molecule has 0 aliphatic carbocycles. The fraction of sp³-hybridized carbons (Fsp3) is 0.983. The molecule has 9 unspecified atom stereocenters. The predicted octanol–water partition coefficient (Wildman–Crippen LogP) is 31.5. The SMILES string of the molecule is CCCCCCCCCCC(C)CC(=CCCC[N+](C)(CCCN(CCCN(CC(O)CCCCCCCCCC)CC(O)CCCCCCCCCC)CCCN(CC(O)CCCCCCCCCC)CC(O)CCCCCCCCCC)CCCN(CC(O)CCCCCCCCCC)CC(O)CCCCCCCCCC)CCC(O)CCCCCCCCCC. The standard InChI is InChI=1S/C116H238N5O7/c1-11-19-27-35-43-51-59-67-81-108(9)101-109(90-91-110(122)83-68-60-52-44-36-28-20-12-2)82-75-76-98-121(10,100-80-97-120(106-115(127)88-73-65-57-49-41-33-25-17-7)107-116(128)89-74-66-58-50-42-34-26-18-8)99-79-96-117(92-77-94-118(102-111(123)84-69-61-53-45-37-29-21-13-3)103-112(124)85-70-62-54-46-38-30-22-14-4)93-78-95-119(104-113(125)86-71-63-55-47-39-31-23-15-5)105-114(126)87-72-64-56-48-40-32-24-16-6/h82,108,110-116,122-128H,11-81,83-107H2,1-10H3/q+1. The predicted molar refractivity (Wildman–Crippen MR) is 565 cm³/mol. The van der Waals surface area contributed by atoms with Crippen LogP contribution in [0.25, 0.3) is 0 Å². The number of aliphatic hydroxyl groups excluding tert-OH is 7. The first-order valence-corrected chi connectivity index (χ1v) is 58.7. The zero-order valence-corrected chi connectivity index (χ0v) is 88.9. The van der Waals surface area contributed by atoms with Crippen molar-refractivity contribution in [2.24, 2.45) is 5.92 Å². The molecule has 768 valence electrons. The second kappa shape index (κ2) is 99.3. The fourth-order valence-electron chi connectivity index (χ4n) is 20.5. The van der Waals surface area contributed by atoms with Gasteiger partial charge in [0.15, 0.2) is 0 Å². The molecule has 0 spiro atoms. The third-order valence-corrected chi connectivity index (χ3v) is 29.1. The number of hydrogen-bond donors (Lipinski definition) is 7. The van der Waals surface area contributed by atoms with E-state index in [4.69, 9.17) is 0 Å². The Morgan fingerprint density at radius 2 is 0.398 bits per heavy atom. The molecule has 0 saturated carbocycles. The lowest BCUT2D eigenvalue weighted by atomic mass is 9.91. The highest BCUT2D eigenvalue weighted by atomic mass is 16.3. The minimum Gasteiger partial charge on any atom is -0.393 e. The molecule has 0 saturated heterocycles. The summed E-state index contributed by atoms with van der Waals surface area (Å²) in [6.45, 7) is 33.2. The summed E-state index contributed by atoms with van der Waals surface area (Å²) in [6.07, 6.45) is 97.9. The van der Waals surface area contributed by atoms with Crippen molar-refractivity contribution >= 4 is 0 Å². The maximum atomic E-state index is 11.9. The molecule has 12 nitrogen and oxygen atoms in total. The maximum Gasteiger partial charge on any atom is 0.0796 e. The summed E-state index contributed by atoms with van der Waals surface area (Å²) in [5, 5.41) is 82.8. The van der Waals surface area contributed by atoms with Crippen molar-refractivity contribution in [3.63, 3.8) is 0 Å². The van der Waals surface area contributed by atoms with Crippen LogP contribution in [0, 0.1) is 5.92 Å². The van der Waals surface area contributed by atoms with Crippen molar-refractivity contribution in [1.82, 2.24) is 19.6 Å². The topological polar surface area (TPSA) is 155 Å². The third-order valence-electron chi connectivity index (χ3n) is 29.1. The minimum atomic E-state index is -0.404. The van der Waals surface area contributed by atoms with Gasteiger partial charge in [0.1, 0.15) is 0 Å². The van der Waals surface area contributed by atoms with Gasteiger partial charge in [-0.15, -0.1) is 0 Å². The Balaban J connectivity index is 7.76. The molecule has 0 rings (SSSR count). The Morgan fingerprint density at radius 3 is 0.641 bits per heavy atom. The van der Waals surface area contributed by atoms with E-state index in [-0.39, 0.29) is 6.10 Å². The first kappa shape index (κ1) is 127. The largest absolute Gasteiger partial charge is 0.393 e. The zero-order chi connectivity index (χ0) is 93.6. The Morgan fingerprint density at radius 1 is 0.211 bits per heavy atom. The Hall–Kier alpha value is -0.740. The van der Waals surface area contributed by atoms with Crippen LogP contribution in [0.3, 0.4) is 0 Å². The van der Waals surface area contributed by atoms with Crippen LogP contribution in [0.2, 0.25) is 0 Å². The number of allylic oxidation sites excluding steroid dienone is 2. The number of hydrogen-bond acceptors (Lipinski definition) is 11. The average Bonchev–Trinajstić information content (AvgIpc) is 0.890. The highest BCUT2D eigenvalue weighted by Crippen LogP contribution is 2.27. The molecule has 0 aromatic heterocycles. The quantitative estimate of drug-likeness (QED) is 0.0177. The highest BCUT2D eigenvalue weighted by Gasteiger charge is 2.26. The summed E-state index contributed by atoms with van der Waals surface area (Å²) in [7, 11) is 2.56. The molecule has 0 aromatic rings. The number of unbranched alkanes of at least 4 members (excludes halogenated alkanes) is 57. The van der Waals surface area contributed by atoms with Gasteiger partial charge in [0.25, 0.3) is 0 Å². The van der Waals surface area contributed by atoms with Crippen molar-refractivity contribution in [3.8, 4) is 0 Å². The van der Waals surface area contributed by atoms with E-state index in [1.54, 1.807) is 5.57 Å². The fourth-order valence-corrected chi connectivity index (χ4v) is 20.5. The van der Waals surface area contributed by atoms with E-state index in [9.17, 15) is 35.7 Å². The molecule has 0 aliphatic heterocycles. The average molecular weight is 1820 g/mol. The molecule has 0 bridgehead atoms. The zero-order valence-electron chi connectivity index (χ0n) is 88.9. The van der Waals surface area contributed by atoms with Crippen LogP contribution in [0.15, 0.2) is 11.6 Å². The molecular weight excluding hydrogens is 1580 g/mol. The number of quaternary nitrogens is 1. The summed E-state index contributed by atoms with van der Waals surface area (Å²) >= 11 is 0. The first-order valence-electron chi connectivity index (χ1n) is 58.7. The van der Waals surface area contributed by atoms with Crippen molar-refractivity contribution in [2.75, 3.05) is 105 Å². The van der Waals surface area contributed by atoms with E-state index in [2.05, 4.69) is 95.0 Å². The summed E-state index contributed by atoms with van der Waals surface area (Å²) in [5.74, 6) is 0.640. The molecule has 0 amide bonds. The van der Waals surface area contributed by atoms with Crippen LogP contribution in [-0.4, -0.2) is 208 Å². The summed E-state index contributed by atoms with van der Waals surface area (Å²) in [6, 6.07) is 0. The monoisotopic (exact) mass is 1810 g/mol. The van der Waals surface area contributed by atoms with E-state index in [1.165, 1.54) is 372 Å². The molecule has 0 aromatic carbocycles.